The molecule has 0 N–H and O–H groups in total. The largest absolute Gasteiger partial charge is 0.311 e. The predicted molar refractivity (Wildman–Crippen MR) is 273 cm³/mol. The summed E-state index contributed by atoms with van der Waals surface area (Å²) >= 11 is 3.42. The van der Waals surface area contributed by atoms with Crippen LogP contribution in [0.4, 0.5) is 17.1 Å². The molecule has 0 radical (unpaired) electrons. The van der Waals surface area contributed by atoms with Crippen LogP contribution in [0.3, 0.4) is 0 Å². The van der Waals surface area contributed by atoms with E-state index in [4.69, 9.17) is 0 Å². The maximum Gasteiger partial charge on any atom is 0.0462 e. The van der Waals surface area contributed by atoms with E-state index in [1.807, 2.05) is 24.3 Å². The first-order chi connectivity index (χ1) is 31.2. The lowest BCUT2D eigenvalue weighted by Crippen LogP contribution is -2.09. The van der Waals surface area contributed by atoms with Gasteiger partial charge in [0.2, 0.25) is 0 Å². The van der Waals surface area contributed by atoms with Gasteiger partial charge in [0, 0.05) is 21.5 Å². The van der Waals surface area contributed by atoms with Crippen LogP contribution >= 0.6 is 15.9 Å². The molecule has 0 spiro atoms. The minimum absolute atomic E-state index is 0.996. The molecule has 0 saturated carbocycles. The summed E-state index contributed by atoms with van der Waals surface area (Å²) in [5.74, 6) is 0. The third-order valence-corrected chi connectivity index (χ3v) is 11.3. The van der Waals surface area contributed by atoms with E-state index in [0.717, 1.165) is 28.0 Å². The summed E-state index contributed by atoms with van der Waals surface area (Å²) in [7, 11) is 0. The van der Waals surface area contributed by atoms with Gasteiger partial charge in [0.15, 0.2) is 0 Å². The van der Waals surface area contributed by atoms with Crippen molar-refractivity contribution in [2.75, 3.05) is 4.90 Å². The highest BCUT2D eigenvalue weighted by Gasteiger charge is 2.13. The zero-order chi connectivity index (χ0) is 42.9. The van der Waals surface area contributed by atoms with Crippen molar-refractivity contribution < 1.29 is 0 Å². The molecule has 0 aliphatic carbocycles. The fraction of sp³-hybridized carbons (Fsp3) is 0.0164. The number of benzene rings is 10. The van der Waals surface area contributed by atoms with Crippen molar-refractivity contribution in [3.63, 3.8) is 0 Å². The first-order valence-corrected chi connectivity index (χ1v) is 22.1. The minimum Gasteiger partial charge on any atom is -0.311 e. The minimum atomic E-state index is 0.996. The Balaban J connectivity index is 0.000000144. The molecular formula is C61H48BrN. The number of halogens is 1. The summed E-state index contributed by atoms with van der Waals surface area (Å²) < 4.78 is 1.12. The topological polar surface area (TPSA) is 3.24 Å². The van der Waals surface area contributed by atoms with E-state index in [9.17, 15) is 0 Å². The molecule has 63 heavy (non-hydrogen) atoms. The molecular weight excluding hydrogens is 827 g/mol. The fourth-order valence-corrected chi connectivity index (χ4v) is 7.71. The van der Waals surface area contributed by atoms with Crippen molar-refractivity contribution in [3.8, 4) is 44.5 Å². The van der Waals surface area contributed by atoms with Crippen molar-refractivity contribution in [3.05, 3.63) is 295 Å². The van der Waals surface area contributed by atoms with Crippen molar-refractivity contribution in [2.45, 2.75) is 6.42 Å². The van der Waals surface area contributed by atoms with E-state index in [1.54, 1.807) is 0 Å². The second-order valence-corrected chi connectivity index (χ2v) is 16.0. The maximum absolute atomic E-state index is 3.42. The average Bonchev–Trinajstić information content (AvgIpc) is 3.37. The van der Waals surface area contributed by atoms with Crippen LogP contribution in [0, 0.1) is 0 Å². The standard InChI is InChI=1S/C30H23N.C19H16.C12H9Br/c1-4-10-24(11-5-1)26-16-20-29(21-17-26)31(28-14-8-3-9-15-28)30-22-18-27(19-23-30)25-12-6-2-7-13-25;1-3-7-16(8-4-1)15-17-11-13-19(14-12-17)18-9-5-2-6-10-18;13-12-8-6-11(7-9-12)10-4-2-1-3-5-10/h1-23H;1-14H,15H2;1-9H. The maximum atomic E-state index is 3.42. The summed E-state index contributed by atoms with van der Waals surface area (Å²) in [6.07, 6.45) is 0.996. The van der Waals surface area contributed by atoms with E-state index in [2.05, 4.69) is 276 Å². The van der Waals surface area contributed by atoms with Crippen molar-refractivity contribution >= 4 is 33.0 Å². The second-order valence-electron chi connectivity index (χ2n) is 15.1. The van der Waals surface area contributed by atoms with Crippen LogP contribution in [-0.4, -0.2) is 0 Å². The molecule has 0 atom stereocenters. The normalized spacial score (nSPS) is 10.4. The Morgan fingerprint density at radius 2 is 0.460 bits per heavy atom. The number of hydrogen-bond acceptors (Lipinski definition) is 1. The van der Waals surface area contributed by atoms with E-state index in [-0.39, 0.29) is 0 Å². The van der Waals surface area contributed by atoms with Gasteiger partial charge in [0.1, 0.15) is 0 Å². The van der Waals surface area contributed by atoms with Gasteiger partial charge in [0.25, 0.3) is 0 Å². The molecule has 0 amide bonds. The molecule has 10 rings (SSSR count). The monoisotopic (exact) mass is 873 g/mol. The third kappa shape index (κ3) is 11.9. The van der Waals surface area contributed by atoms with Gasteiger partial charge in [-0.3, -0.25) is 0 Å². The molecule has 0 aromatic heterocycles. The zero-order valence-corrected chi connectivity index (χ0v) is 36.7. The van der Waals surface area contributed by atoms with Crippen molar-refractivity contribution in [1.82, 2.24) is 0 Å². The SMILES string of the molecule is Brc1ccc(-c2ccccc2)cc1.c1ccc(-c2ccc(N(c3ccccc3)c3ccc(-c4ccccc4)cc3)cc2)cc1.c1ccc(Cc2ccc(-c3ccccc3)cc2)cc1. The first-order valence-electron chi connectivity index (χ1n) is 21.3. The number of para-hydroxylation sites is 1. The summed E-state index contributed by atoms with van der Waals surface area (Å²) in [6, 6.07) is 97.7. The Hall–Kier alpha value is -7.52. The Kier molecular flexibility index (Phi) is 14.6. The lowest BCUT2D eigenvalue weighted by molar-refractivity contribution is 1.19. The number of nitrogens with zero attached hydrogens (tertiary/aromatic N) is 1. The number of hydrogen-bond donors (Lipinski definition) is 0. The first kappa shape index (κ1) is 42.2. The molecule has 0 heterocycles. The number of rotatable bonds is 9. The van der Waals surface area contributed by atoms with E-state index < -0.39 is 0 Å². The predicted octanol–water partition coefficient (Wildman–Crippen LogP) is 17.6. The summed E-state index contributed by atoms with van der Waals surface area (Å²) in [6.45, 7) is 0. The Labute approximate surface area is 381 Å². The van der Waals surface area contributed by atoms with Crippen LogP contribution in [0.5, 0.6) is 0 Å². The van der Waals surface area contributed by atoms with E-state index >= 15 is 0 Å². The van der Waals surface area contributed by atoms with Crippen LogP contribution in [0.15, 0.2) is 284 Å². The highest BCUT2D eigenvalue weighted by Crippen LogP contribution is 2.36. The Bertz CT molecular complexity index is 2750. The molecule has 1 nitrogen and oxygen atoms in total. The molecule has 304 valence electrons. The molecule has 2 heteroatoms. The summed E-state index contributed by atoms with van der Waals surface area (Å²) in [5.41, 5.74) is 16.1. The van der Waals surface area contributed by atoms with Crippen LogP contribution in [0.25, 0.3) is 44.5 Å². The second kappa shape index (κ2) is 21.8. The smallest absolute Gasteiger partial charge is 0.0462 e. The van der Waals surface area contributed by atoms with Crippen LogP contribution < -0.4 is 4.90 Å². The highest BCUT2D eigenvalue weighted by molar-refractivity contribution is 9.10. The molecule has 0 fully saturated rings. The zero-order valence-electron chi connectivity index (χ0n) is 35.1. The van der Waals surface area contributed by atoms with Gasteiger partial charge in [0.05, 0.1) is 0 Å². The molecule has 0 bridgehead atoms. The summed E-state index contributed by atoms with van der Waals surface area (Å²) in [5, 5.41) is 0. The van der Waals surface area contributed by atoms with Crippen LogP contribution in [0.1, 0.15) is 11.1 Å². The van der Waals surface area contributed by atoms with E-state index in [0.29, 0.717) is 0 Å². The quantitative estimate of drug-likeness (QED) is 0.140. The van der Waals surface area contributed by atoms with Crippen molar-refractivity contribution in [1.29, 1.82) is 0 Å². The molecule has 10 aromatic carbocycles. The molecule has 0 unspecified atom stereocenters. The van der Waals surface area contributed by atoms with Gasteiger partial charge in [-0.2, -0.15) is 0 Å². The lowest BCUT2D eigenvalue weighted by atomic mass is 10.0. The third-order valence-electron chi connectivity index (χ3n) is 10.7. The van der Waals surface area contributed by atoms with Crippen LogP contribution in [-0.2, 0) is 6.42 Å². The van der Waals surface area contributed by atoms with Gasteiger partial charge in [-0.1, -0.05) is 246 Å². The fourth-order valence-electron chi connectivity index (χ4n) is 7.44. The molecule has 10 aromatic rings. The van der Waals surface area contributed by atoms with Gasteiger partial charge < -0.3 is 4.90 Å². The van der Waals surface area contributed by atoms with Gasteiger partial charge >= 0.3 is 0 Å². The van der Waals surface area contributed by atoms with Crippen molar-refractivity contribution in [2.24, 2.45) is 0 Å². The summed E-state index contributed by atoms with van der Waals surface area (Å²) in [4.78, 5) is 2.30. The lowest BCUT2D eigenvalue weighted by Gasteiger charge is -2.26. The molecule has 0 aliphatic heterocycles. The van der Waals surface area contributed by atoms with Crippen LogP contribution in [0.2, 0.25) is 0 Å². The average molecular weight is 875 g/mol. The highest BCUT2D eigenvalue weighted by atomic mass is 79.9. The van der Waals surface area contributed by atoms with E-state index in [1.165, 1.54) is 55.6 Å². The molecule has 0 aliphatic rings. The molecule has 0 saturated heterocycles. The Morgan fingerprint density at radius 3 is 0.810 bits per heavy atom. The van der Waals surface area contributed by atoms with Gasteiger partial charge in [-0.05, 0) is 111 Å². The Morgan fingerprint density at radius 1 is 0.222 bits per heavy atom. The number of anilines is 3. The van der Waals surface area contributed by atoms with Gasteiger partial charge in [-0.25, -0.2) is 0 Å². The van der Waals surface area contributed by atoms with Gasteiger partial charge in [-0.15, -0.1) is 0 Å².